The van der Waals surface area contributed by atoms with Gasteiger partial charge in [-0.25, -0.2) is 14.1 Å². The number of benzene rings is 4. The van der Waals surface area contributed by atoms with Gasteiger partial charge in [0.1, 0.15) is 18.2 Å². The highest BCUT2D eigenvalue weighted by atomic mass is 19.1. The lowest BCUT2D eigenvalue weighted by atomic mass is 9.97. The number of rotatable bonds is 10. The summed E-state index contributed by atoms with van der Waals surface area (Å²) in [5, 5.41) is 6.05. The second kappa shape index (κ2) is 15.4. The zero-order valence-corrected chi connectivity index (χ0v) is 30.0. The van der Waals surface area contributed by atoms with Crippen molar-refractivity contribution in [3.8, 4) is 17.0 Å². The molecular formula is C44H46FN5O2. The van der Waals surface area contributed by atoms with Crippen LogP contribution in [0.5, 0.6) is 5.75 Å². The molecule has 3 atom stereocenters. The van der Waals surface area contributed by atoms with Crippen LogP contribution in [0.3, 0.4) is 0 Å². The van der Waals surface area contributed by atoms with Crippen LogP contribution in [0.15, 0.2) is 115 Å². The molecule has 0 saturated carbocycles. The fourth-order valence-electron chi connectivity index (χ4n) is 7.84. The molecule has 0 N–H and O–H groups in total. The van der Waals surface area contributed by atoms with E-state index in [9.17, 15) is 0 Å². The molecule has 8 heteroatoms. The van der Waals surface area contributed by atoms with Crippen molar-refractivity contribution in [2.45, 2.75) is 71.1 Å². The van der Waals surface area contributed by atoms with Gasteiger partial charge in [-0.15, -0.1) is 0 Å². The van der Waals surface area contributed by atoms with Crippen LogP contribution < -0.4 is 4.74 Å². The summed E-state index contributed by atoms with van der Waals surface area (Å²) in [6, 6.07) is 39.2. The summed E-state index contributed by atoms with van der Waals surface area (Å²) in [6.07, 6.45) is 2.79. The van der Waals surface area contributed by atoms with Crippen LogP contribution in [0.2, 0.25) is 0 Å². The Morgan fingerprint density at radius 1 is 0.808 bits per heavy atom. The molecule has 1 unspecified atom stereocenters. The predicted molar refractivity (Wildman–Crippen MR) is 203 cm³/mol. The molecular weight excluding hydrogens is 650 g/mol. The second-order valence-corrected chi connectivity index (χ2v) is 14.3. The molecule has 2 aliphatic rings. The molecule has 4 heterocycles. The number of aromatic nitrogens is 3. The summed E-state index contributed by atoms with van der Waals surface area (Å²) in [7, 11) is 0. The lowest BCUT2D eigenvalue weighted by Gasteiger charge is -2.46. The van der Waals surface area contributed by atoms with Crippen molar-refractivity contribution in [2.75, 3.05) is 19.7 Å². The second-order valence-electron chi connectivity index (χ2n) is 14.3. The molecule has 2 saturated heterocycles. The van der Waals surface area contributed by atoms with E-state index in [1.807, 2.05) is 41.1 Å². The Morgan fingerprint density at radius 3 is 2.25 bits per heavy atom. The number of hydrogen-bond donors (Lipinski definition) is 0. The lowest BCUT2D eigenvalue weighted by molar-refractivity contribution is -0.0371. The van der Waals surface area contributed by atoms with Gasteiger partial charge >= 0.3 is 0 Å². The summed E-state index contributed by atoms with van der Waals surface area (Å²) in [4.78, 5) is 10.3. The molecule has 0 bridgehead atoms. The molecule has 6 aromatic rings. The van der Waals surface area contributed by atoms with Crippen LogP contribution in [0.4, 0.5) is 4.39 Å². The van der Waals surface area contributed by atoms with Crippen molar-refractivity contribution in [2.24, 2.45) is 0 Å². The van der Waals surface area contributed by atoms with Crippen molar-refractivity contribution in [3.63, 3.8) is 0 Å². The summed E-state index contributed by atoms with van der Waals surface area (Å²) in [6.45, 7) is 8.80. The summed E-state index contributed by atoms with van der Waals surface area (Å²) in [5.41, 5.74) is 7.44. The Labute approximate surface area is 305 Å². The smallest absolute Gasteiger partial charge is 0.161 e. The topological polar surface area (TPSA) is 55.7 Å². The van der Waals surface area contributed by atoms with E-state index in [4.69, 9.17) is 19.6 Å². The van der Waals surface area contributed by atoms with Gasteiger partial charge in [0.15, 0.2) is 11.9 Å². The van der Waals surface area contributed by atoms with Gasteiger partial charge < -0.3 is 9.47 Å². The molecule has 0 radical (unpaired) electrons. The largest absolute Gasteiger partial charge is 0.489 e. The first kappa shape index (κ1) is 34.2. The van der Waals surface area contributed by atoms with Crippen LogP contribution in [-0.2, 0) is 24.4 Å². The quantitative estimate of drug-likeness (QED) is 0.142. The van der Waals surface area contributed by atoms with E-state index in [1.165, 1.54) is 17.2 Å². The Kier molecular flexibility index (Phi) is 10.1. The van der Waals surface area contributed by atoms with Crippen molar-refractivity contribution < 1.29 is 13.9 Å². The number of aryl methyl sites for hydroxylation is 1. The van der Waals surface area contributed by atoms with Crippen LogP contribution in [0.1, 0.15) is 66.4 Å². The molecule has 4 aromatic carbocycles. The van der Waals surface area contributed by atoms with Gasteiger partial charge in [-0.05, 0) is 73.6 Å². The minimum absolute atomic E-state index is 0.193. The van der Waals surface area contributed by atoms with Gasteiger partial charge in [0.05, 0.1) is 11.4 Å². The zero-order chi connectivity index (χ0) is 35.4. The van der Waals surface area contributed by atoms with Crippen molar-refractivity contribution >= 4 is 11.0 Å². The molecule has 0 spiro atoms. The Bertz CT molecular complexity index is 2100. The van der Waals surface area contributed by atoms with E-state index in [0.717, 1.165) is 66.8 Å². The van der Waals surface area contributed by atoms with Gasteiger partial charge in [0.2, 0.25) is 0 Å². The third-order valence-corrected chi connectivity index (χ3v) is 10.6. The van der Waals surface area contributed by atoms with Gasteiger partial charge in [-0.3, -0.25) is 9.80 Å². The number of halogens is 1. The monoisotopic (exact) mass is 695 g/mol. The van der Waals surface area contributed by atoms with Crippen LogP contribution >= 0.6 is 0 Å². The summed E-state index contributed by atoms with van der Waals surface area (Å²) in [5.74, 6) is 0.115. The van der Waals surface area contributed by atoms with Gasteiger partial charge in [-0.2, -0.15) is 5.10 Å². The summed E-state index contributed by atoms with van der Waals surface area (Å²) >= 11 is 0. The number of ether oxygens (including phenoxy) is 2. The number of piperazine rings is 1. The molecule has 8 rings (SSSR count). The Hall–Kier alpha value is -4.89. The third-order valence-electron chi connectivity index (χ3n) is 10.6. The Balaban J connectivity index is 1.14. The highest BCUT2D eigenvalue weighted by Gasteiger charge is 2.34. The average molecular weight is 696 g/mol. The maximum atomic E-state index is 16.1. The van der Waals surface area contributed by atoms with E-state index in [-0.39, 0.29) is 24.1 Å². The fourth-order valence-corrected chi connectivity index (χ4v) is 7.84. The maximum Gasteiger partial charge on any atom is 0.161 e. The summed E-state index contributed by atoms with van der Waals surface area (Å²) < 4.78 is 30.2. The van der Waals surface area contributed by atoms with Crippen LogP contribution in [0.25, 0.3) is 22.3 Å². The average Bonchev–Trinajstić information content (AvgIpc) is 3.52. The minimum atomic E-state index is -0.368. The van der Waals surface area contributed by atoms with E-state index in [2.05, 4.69) is 90.4 Å². The Morgan fingerprint density at radius 2 is 1.54 bits per heavy atom. The van der Waals surface area contributed by atoms with E-state index in [0.29, 0.717) is 36.8 Å². The number of fused-ring (bicyclic) bond motifs is 1. The van der Waals surface area contributed by atoms with Crippen molar-refractivity contribution in [1.29, 1.82) is 0 Å². The van der Waals surface area contributed by atoms with Crippen LogP contribution in [-0.4, -0.2) is 50.3 Å². The molecule has 266 valence electrons. The molecule has 7 nitrogen and oxygen atoms in total. The maximum absolute atomic E-state index is 16.1. The molecule has 2 fully saturated rings. The standard InChI is InChI=1S/C44H46FN5O2/c1-31-26-49(27-33-14-6-3-7-15-33)41(35-18-10-5-11-19-35)29-48(31)28-36-24-40(46-44-43(36)32(2)47-50(44)42-20-12-13-23-51-42)38-22-21-37(25-39(38)45)52-30-34-16-8-4-9-17-34/h3-11,14-19,21-22,24-25,31,41-42H,12-13,20,23,26-30H2,1-2H3/t31-,41-,42?/m1/s1. The van der Waals surface area contributed by atoms with E-state index >= 15 is 4.39 Å². The number of nitrogens with zero attached hydrogens (tertiary/aromatic N) is 5. The fraction of sp³-hybridized carbons (Fsp3) is 0.318. The zero-order valence-electron chi connectivity index (χ0n) is 30.0. The number of hydrogen-bond acceptors (Lipinski definition) is 6. The molecule has 0 aliphatic carbocycles. The molecule has 2 aromatic heterocycles. The molecule has 52 heavy (non-hydrogen) atoms. The van der Waals surface area contributed by atoms with Gasteiger partial charge in [0, 0.05) is 61.9 Å². The molecule has 0 amide bonds. The number of pyridine rings is 1. The predicted octanol–water partition coefficient (Wildman–Crippen LogP) is 9.27. The third kappa shape index (κ3) is 7.37. The van der Waals surface area contributed by atoms with E-state index in [1.54, 1.807) is 6.07 Å². The normalized spacial score (nSPS) is 19.9. The first-order valence-electron chi connectivity index (χ1n) is 18.5. The van der Waals surface area contributed by atoms with Crippen molar-refractivity contribution in [1.82, 2.24) is 24.6 Å². The minimum Gasteiger partial charge on any atom is -0.489 e. The highest BCUT2D eigenvalue weighted by molar-refractivity contribution is 5.85. The highest BCUT2D eigenvalue weighted by Crippen LogP contribution is 2.36. The van der Waals surface area contributed by atoms with Gasteiger partial charge in [0.25, 0.3) is 0 Å². The molecule has 2 aliphatic heterocycles. The van der Waals surface area contributed by atoms with Crippen molar-refractivity contribution in [3.05, 3.63) is 149 Å². The first-order valence-corrected chi connectivity index (χ1v) is 18.5. The van der Waals surface area contributed by atoms with E-state index < -0.39 is 0 Å². The van der Waals surface area contributed by atoms with Gasteiger partial charge in [-0.1, -0.05) is 91.0 Å². The SMILES string of the molecule is Cc1nn(C2CCCCO2)c2nc(-c3ccc(OCc4ccccc4)cc3F)cc(CN3C[C@H](c4ccccc4)N(Cc4ccccc4)C[C@H]3C)c12. The lowest BCUT2D eigenvalue weighted by Crippen LogP contribution is -2.52. The van der Waals surface area contributed by atoms with Crippen LogP contribution in [0, 0.1) is 12.7 Å². The first-order chi connectivity index (χ1) is 25.5.